The number of hydrogen-bond donors (Lipinski definition) is 1. The normalized spacial score (nSPS) is 13.8. The monoisotopic (exact) mass is 745 g/mol. The van der Waals surface area contributed by atoms with Gasteiger partial charge in [0.1, 0.15) is 13.2 Å². The van der Waals surface area contributed by atoms with Crippen molar-refractivity contribution in [2.75, 3.05) is 47.5 Å². The zero-order chi connectivity index (χ0) is 39.3. The van der Waals surface area contributed by atoms with E-state index in [0.717, 1.165) is 89.9 Å². The predicted octanol–water partition coefficient (Wildman–Crippen LogP) is 9.99. The van der Waals surface area contributed by atoms with E-state index in [1.54, 1.807) is 0 Å². The van der Waals surface area contributed by atoms with Gasteiger partial charge in [-0.15, -0.1) is 0 Å². The number of hydrogen-bond acceptors (Lipinski definition) is 7. The van der Waals surface area contributed by atoms with E-state index in [0.29, 0.717) is 23.9 Å². The summed E-state index contributed by atoms with van der Waals surface area (Å²) in [5.74, 6) is -2.09. The smallest absolute Gasteiger partial charge is 0.361 e. The fraction of sp³-hybridized carbons (Fsp3) is 0.659. The van der Waals surface area contributed by atoms with Gasteiger partial charge in [0.05, 0.1) is 34.4 Å². The van der Waals surface area contributed by atoms with Crippen molar-refractivity contribution in [2.24, 2.45) is 0 Å². The molecule has 9 nitrogen and oxygen atoms in total. The number of carboxylic acid groups (broad SMARTS) is 1. The summed E-state index contributed by atoms with van der Waals surface area (Å²) in [6.45, 7) is 4.55. The quantitative estimate of drug-likeness (QED) is 0.0225. The van der Waals surface area contributed by atoms with Crippen molar-refractivity contribution in [2.45, 2.75) is 142 Å². The van der Waals surface area contributed by atoms with Gasteiger partial charge in [0.25, 0.3) is 6.29 Å². The second-order valence-electron chi connectivity index (χ2n) is 14.2. The lowest BCUT2D eigenvalue weighted by Gasteiger charge is -2.25. The minimum atomic E-state index is -1.52. The number of ether oxygens (including phenoxy) is 4. The average molecular weight is 745 g/mol. The van der Waals surface area contributed by atoms with Crippen LogP contribution in [0, 0.1) is 0 Å². The Bertz CT molecular complexity index is 1100. The van der Waals surface area contributed by atoms with Crippen LogP contribution in [-0.2, 0) is 33.3 Å². The van der Waals surface area contributed by atoms with Crippen LogP contribution in [0.15, 0.2) is 72.9 Å². The minimum Gasteiger partial charge on any atom is -0.477 e. The number of quaternary nitrogens is 1. The molecule has 0 saturated heterocycles. The van der Waals surface area contributed by atoms with Gasteiger partial charge >= 0.3 is 17.9 Å². The summed E-state index contributed by atoms with van der Waals surface area (Å²) in [6, 6.07) is 0. The van der Waals surface area contributed by atoms with Crippen LogP contribution in [0.4, 0.5) is 0 Å². The average Bonchev–Trinajstić information content (AvgIpc) is 3.11. The Morgan fingerprint density at radius 3 is 1.53 bits per heavy atom. The molecule has 0 radical (unpaired) electrons. The molecule has 302 valence electrons. The van der Waals surface area contributed by atoms with E-state index in [4.69, 9.17) is 18.9 Å². The SMILES string of the molecule is CC/C=C\C/C=C\C/C=C\CCCCCCCC(=O)OC(COC(=O)CCCCC/C=C\C/C=C\C/C=C\CC)COC(OCC[N+](C)(C)C)C(=O)O. The Labute approximate surface area is 322 Å². The van der Waals surface area contributed by atoms with Gasteiger partial charge < -0.3 is 28.5 Å². The molecule has 0 spiro atoms. The molecule has 0 aromatic carbocycles. The first-order valence-corrected chi connectivity index (χ1v) is 20.1. The van der Waals surface area contributed by atoms with Crippen molar-refractivity contribution in [3.05, 3.63) is 72.9 Å². The van der Waals surface area contributed by atoms with E-state index in [2.05, 4.69) is 86.8 Å². The Kier molecular flexibility index (Phi) is 33.5. The van der Waals surface area contributed by atoms with Gasteiger partial charge in [0.15, 0.2) is 6.10 Å². The number of esters is 2. The molecule has 9 heteroatoms. The Hall–Kier alpha value is -3.27. The highest BCUT2D eigenvalue weighted by Crippen LogP contribution is 2.11. The highest BCUT2D eigenvalue weighted by molar-refractivity contribution is 5.71. The number of aliphatic carboxylic acids is 1. The number of unbranched alkanes of at least 4 members (excludes halogenated alkanes) is 8. The molecule has 0 rings (SSSR count). The molecule has 0 amide bonds. The largest absolute Gasteiger partial charge is 0.477 e. The number of rotatable bonds is 35. The van der Waals surface area contributed by atoms with Crippen molar-refractivity contribution in [3.8, 4) is 0 Å². The second-order valence-corrected chi connectivity index (χ2v) is 14.2. The summed E-state index contributed by atoms with van der Waals surface area (Å²) >= 11 is 0. The molecule has 1 N–H and O–H groups in total. The van der Waals surface area contributed by atoms with E-state index in [1.165, 1.54) is 0 Å². The molecule has 0 aliphatic heterocycles. The highest BCUT2D eigenvalue weighted by atomic mass is 16.7. The molecule has 2 atom stereocenters. The first kappa shape index (κ1) is 49.7. The van der Waals surface area contributed by atoms with Crippen LogP contribution in [0.3, 0.4) is 0 Å². The lowest BCUT2D eigenvalue weighted by atomic mass is 10.1. The Morgan fingerprint density at radius 1 is 0.566 bits per heavy atom. The highest BCUT2D eigenvalue weighted by Gasteiger charge is 2.25. The van der Waals surface area contributed by atoms with E-state index < -0.39 is 24.3 Å². The van der Waals surface area contributed by atoms with Gasteiger partial charge in [-0.3, -0.25) is 9.59 Å². The van der Waals surface area contributed by atoms with Crippen molar-refractivity contribution >= 4 is 17.9 Å². The molecular weight excluding hydrogens is 670 g/mol. The fourth-order valence-corrected chi connectivity index (χ4v) is 4.86. The maximum Gasteiger partial charge on any atom is 0.361 e. The van der Waals surface area contributed by atoms with Gasteiger partial charge in [0.2, 0.25) is 0 Å². The topological polar surface area (TPSA) is 108 Å². The number of likely N-dealkylation sites (N-methyl/N-ethyl adjacent to an activating group) is 1. The summed E-state index contributed by atoms with van der Waals surface area (Å²) < 4.78 is 22.6. The molecule has 0 bridgehead atoms. The number of carboxylic acids is 1. The molecular formula is C44H74NO8+. The summed E-state index contributed by atoms with van der Waals surface area (Å²) in [5, 5.41) is 9.60. The van der Waals surface area contributed by atoms with Crippen LogP contribution < -0.4 is 0 Å². The lowest BCUT2D eigenvalue weighted by Crippen LogP contribution is -2.40. The second kappa shape index (κ2) is 35.7. The minimum absolute atomic E-state index is 0.175. The van der Waals surface area contributed by atoms with Crippen LogP contribution in [0.5, 0.6) is 0 Å². The zero-order valence-electron chi connectivity index (χ0n) is 33.9. The lowest BCUT2D eigenvalue weighted by molar-refractivity contribution is -0.870. The van der Waals surface area contributed by atoms with E-state index >= 15 is 0 Å². The van der Waals surface area contributed by atoms with Crippen LogP contribution in [-0.4, -0.2) is 87.4 Å². The third-order valence-electron chi connectivity index (χ3n) is 7.96. The van der Waals surface area contributed by atoms with Crippen molar-refractivity contribution in [3.63, 3.8) is 0 Å². The maximum atomic E-state index is 12.7. The van der Waals surface area contributed by atoms with Gasteiger partial charge in [-0.05, 0) is 77.0 Å². The molecule has 0 aromatic heterocycles. The zero-order valence-corrected chi connectivity index (χ0v) is 33.9. The van der Waals surface area contributed by atoms with Crippen LogP contribution in [0.2, 0.25) is 0 Å². The summed E-state index contributed by atoms with van der Waals surface area (Å²) in [5.41, 5.74) is 0. The summed E-state index contributed by atoms with van der Waals surface area (Å²) in [6.07, 6.45) is 39.6. The van der Waals surface area contributed by atoms with Crippen LogP contribution in [0.1, 0.15) is 129 Å². The molecule has 0 saturated carbocycles. The van der Waals surface area contributed by atoms with Gasteiger partial charge in [-0.2, -0.15) is 0 Å². The third kappa shape index (κ3) is 36.9. The molecule has 2 unspecified atom stereocenters. The van der Waals surface area contributed by atoms with Crippen molar-refractivity contribution in [1.82, 2.24) is 0 Å². The van der Waals surface area contributed by atoms with E-state index in [-0.39, 0.29) is 38.6 Å². The number of allylic oxidation sites excluding steroid dienone is 12. The van der Waals surface area contributed by atoms with E-state index in [1.807, 2.05) is 21.1 Å². The van der Waals surface area contributed by atoms with E-state index in [9.17, 15) is 19.5 Å². The van der Waals surface area contributed by atoms with Gasteiger partial charge in [0, 0.05) is 12.8 Å². The van der Waals surface area contributed by atoms with Crippen LogP contribution in [0.25, 0.3) is 0 Å². The molecule has 0 heterocycles. The molecule has 0 aliphatic carbocycles. The molecule has 53 heavy (non-hydrogen) atoms. The number of carbonyl (C=O) groups excluding carboxylic acids is 2. The predicted molar refractivity (Wildman–Crippen MR) is 216 cm³/mol. The maximum absolute atomic E-state index is 12.7. The molecule has 0 aromatic rings. The third-order valence-corrected chi connectivity index (χ3v) is 7.96. The Morgan fingerprint density at radius 2 is 1.02 bits per heavy atom. The first-order valence-electron chi connectivity index (χ1n) is 20.1. The standard InChI is InChI=1S/C44H73NO8/c1-6-8-10-12-14-16-18-20-21-23-25-27-29-31-33-35-42(47)53-40(39-52-44(43(48)49)50-37-36-45(3,4)5)38-51-41(46)34-32-30-28-26-24-22-19-17-15-13-11-9-7-2/h8-11,14-17,20-22,24,40,44H,6-7,12-13,18-19,23,25-39H2,1-5H3/p+1/b10-8-,11-9-,16-14-,17-15-,21-20-,24-22-. The van der Waals surface area contributed by atoms with Gasteiger partial charge in [-0.1, -0.05) is 112 Å². The Balaban J connectivity index is 4.60. The van der Waals surface area contributed by atoms with Crippen molar-refractivity contribution < 1.29 is 42.9 Å². The van der Waals surface area contributed by atoms with Gasteiger partial charge in [-0.25, -0.2) is 4.79 Å². The fourth-order valence-electron chi connectivity index (χ4n) is 4.86. The molecule has 0 aliphatic rings. The summed E-state index contributed by atoms with van der Waals surface area (Å²) in [7, 11) is 5.92. The number of carbonyl (C=O) groups is 3. The summed E-state index contributed by atoms with van der Waals surface area (Å²) in [4.78, 5) is 37.0. The first-order chi connectivity index (χ1) is 25.6. The van der Waals surface area contributed by atoms with Crippen LogP contribution >= 0.6 is 0 Å². The molecule has 0 fully saturated rings. The number of nitrogens with zero attached hydrogens (tertiary/aromatic N) is 1. The van der Waals surface area contributed by atoms with Crippen molar-refractivity contribution in [1.29, 1.82) is 0 Å².